The maximum Gasteiger partial charge on any atom is 0.241 e. The number of amides is 1. The van der Waals surface area contributed by atoms with Gasteiger partial charge in [-0.2, -0.15) is 0 Å². The molecule has 0 spiro atoms. The summed E-state index contributed by atoms with van der Waals surface area (Å²) in [7, 11) is 1.88. The first-order valence-electron chi connectivity index (χ1n) is 7.77. The molecule has 0 unspecified atom stereocenters. The van der Waals surface area contributed by atoms with Crippen LogP contribution in [-0.4, -0.2) is 23.9 Å². The number of benzene rings is 2. The van der Waals surface area contributed by atoms with E-state index in [1.165, 1.54) is 20.5 Å². The Kier molecular flexibility index (Phi) is 3.63. The van der Waals surface area contributed by atoms with Gasteiger partial charge >= 0.3 is 0 Å². The molecule has 2 heterocycles. The van der Waals surface area contributed by atoms with Crippen LogP contribution in [0.2, 0.25) is 0 Å². The molecular weight excluding hydrogens is 304 g/mol. The zero-order valence-electron chi connectivity index (χ0n) is 12.9. The number of nitrogens with zero attached hydrogens (tertiary/aromatic N) is 1. The van der Waals surface area contributed by atoms with E-state index in [2.05, 4.69) is 41.7 Å². The number of carbonyl (C=O) groups is 1. The molecule has 1 aliphatic heterocycles. The van der Waals surface area contributed by atoms with E-state index in [4.69, 9.17) is 0 Å². The third-order valence-corrected chi connectivity index (χ3v) is 5.56. The van der Waals surface area contributed by atoms with Gasteiger partial charge in [-0.05, 0) is 29.5 Å². The number of nitrogens with one attached hydrogen (secondary N) is 1. The Hall–Kier alpha value is -2.17. The molecule has 0 aliphatic carbocycles. The van der Waals surface area contributed by atoms with E-state index in [1.807, 2.05) is 36.2 Å². The molecule has 4 heteroatoms. The van der Waals surface area contributed by atoms with Crippen LogP contribution < -0.4 is 5.32 Å². The summed E-state index contributed by atoms with van der Waals surface area (Å²) in [5.74, 6) is 0.163. The third kappa shape index (κ3) is 2.64. The summed E-state index contributed by atoms with van der Waals surface area (Å²) in [6.07, 6.45) is 0.694. The van der Waals surface area contributed by atoms with Crippen molar-refractivity contribution >= 4 is 27.3 Å². The van der Waals surface area contributed by atoms with Gasteiger partial charge in [0, 0.05) is 16.6 Å². The average molecular weight is 322 g/mol. The number of hydrogen-bond acceptors (Lipinski definition) is 3. The molecular formula is C19H18N2OS. The minimum absolute atomic E-state index is 0.0337. The van der Waals surface area contributed by atoms with Crippen LogP contribution in [0, 0.1) is 0 Å². The number of thiophene rings is 1. The number of carbonyl (C=O) groups excluding carboxylic acids is 1. The maximum atomic E-state index is 12.6. The van der Waals surface area contributed by atoms with Gasteiger partial charge in [-0.25, -0.2) is 0 Å². The summed E-state index contributed by atoms with van der Waals surface area (Å²) in [4.78, 5) is 15.6. The molecule has 0 saturated carbocycles. The van der Waals surface area contributed by atoms with Crippen molar-refractivity contribution in [2.24, 2.45) is 0 Å². The fourth-order valence-corrected chi connectivity index (χ4v) is 4.32. The monoisotopic (exact) mass is 322 g/mol. The fraction of sp³-hybridized carbons (Fsp3) is 0.211. The van der Waals surface area contributed by atoms with Gasteiger partial charge in [0.1, 0.15) is 6.17 Å². The molecule has 1 aliphatic rings. The Labute approximate surface area is 139 Å². The van der Waals surface area contributed by atoms with E-state index in [0.29, 0.717) is 0 Å². The molecule has 1 amide bonds. The number of likely N-dealkylation sites (N-methyl/N-ethyl adjacent to an activating group) is 1. The second-order valence-electron chi connectivity index (χ2n) is 5.95. The molecule has 1 N–H and O–H groups in total. The second-order valence-corrected chi connectivity index (χ2v) is 7.06. The molecule has 2 aromatic carbocycles. The summed E-state index contributed by atoms with van der Waals surface area (Å²) in [5.41, 5.74) is 1.18. The zero-order chi connectivity index (χ0) is 15.8. The van der Waals surface area contributed by atoms with Crippen LogP contribution in [0.4, 0.5) is 0 Å². The van der Waals surface area contributed by atoms with Crippen molar-refractivity contribution in [3.63, 3.8) is 0 Å². The van der Waals surface area contributed by atoms with Gasteiger partial charge in [-0.1, -0.05) is 48.5 Å². The van der Waals surface area contributed by atoms with Gasteiger partial charge in [0.05, 0.1) is 6.04 Å². The molecule has 1 fully saturated rings. The second kappa shape index (κ2) is 5.80. The highest BCUT2D eigenvalue weighted by Gasteiger charge is 2.37. The first-order chi connectivity index (χ1) is 11.2. The van der Waals surface area contributed by atoms with Gasteiger partial charge in [0.2, 0.25) is 5.91 Å². The van der Waals surface area contributed by atoms with Gasteiger partial charge in [0.15, 0.2) is 0 Å². The molecule has 116 valence electrons. The Balaban J connectivity index is 1.59. The molecule has 2 atom stereocenters. The van der Waals surface area contributed by atoms with Gasteiger partial charge in [-0.3, -0.25) is 10.1 Å². The van der Waals surface area contributed by atoms with E-state index < -0.39 is 0 Å². The minimum Gasteiger partial charge on any atom is -0.324 e. The Morgan fingerprint density at radius 1 is 1.09 bits per heavy atom. The minimum atomic E-state index is -0.155. The van der Waals surface area contributed by atoms with E-state index >= 15 is 0 Å². The first kappa shape index (κ1) is 14.4. The SMILES string of the molecule is CN1C(=O)[C@H](Cc2ccccc2)N[C@@H]1c1cc2ccccc2s1. The van der Waals surface area contributed by atoms with Gasteiger partial charge in [0.25, 0.3) is 0 Å². The van der Waals surface area contributed by atoms with E-state index in [0.717, 1.165) is 6.42 Å². The zero-order valence-corrected chi connectivity index (χ0v) is 13.7. The van der Waals surface area contributed by atoms with Crippen molar-refractivity contribution in [1.29, 1.82) is 0 Å². The molecule has 0 bridgehead atoms. The summed E-state index contributed by atoms with van der Waals surface area (Å²) >= 11 is 1.75. The normalized spacial score (nSPS) is 21.3. The molecule has 3 nitrogen and oxygen atoms in total. The number of rotatable bonds is 3. The highest BCUT2D eigenvalue weighted by atomic mass is 32.1. The quantitative estimate of drug-likeness (QED) is 0.799. The van der Waals surface area contributed by atoms with Crippen molar-refractivity contribution in [3.8, 4) is 0 Å². The Morgan fingerprint density at radius 2 is 1.83 bits per heavy atom. The van der Waals surface area contributed by atoms with Crippen molar-refractivity contribution in [1.82, 2.24) is 10.2 Å². The van der Waals surface area contributed by atoms with Crippen LogP contribution in [0.5, 0.6) is 0 Å². The van der Waals surface area contributed by atoms with Crippen molar-refractivity contribution in [2.75, 3.05) is 7.05 Å². The summed E-state index contributed by atoms with van der Waals surface area (Å²) in [5, 5.41) is 4.74. The van der Waals surface area contributed by atoms with Crippen LogP contribution in [0.3, 0.4) is 0 Å². The molecule has 23 heavy (non-hydrogen) atoms. The van der Waals surface area contributed by atoms with Crippen LogP contribution in [0.1, 0.15) is 16.6 Å². The fourth-order valence-electron chi connectivity index (χ4n) is 3.15. The molecule has 1 saturated heterocycles. The lowest BCUT2D eigenvalue weighted by Gasteiger charge is -2.17. The standard InChI is InChI=1S/C19H18N2OS/c1-21-18(17-12-14-9-5-6-10-16(14)23-17)20-15(19(21)22)11-13-7-3-2-4-8-13/h2-10,12,15,18,20H,11H2,1H3/t15-,18-/m0/s1. The lowest BCUT2D eigenvalue weighted by atomic mass is 10.1. The molecule has 4 rings (SSSR count). The molecule has 0 radical (unpaired) electrons. The van der Waals surface area contributed by atoms with Crippen molar-refractivity contribution < 1.29 is 4.79 Å². The Morgan fingerprint density at radius 3 is 2.61 bits per heavy atom. The number of fused-ring (bicyclic) bond motifs is 1. The first-order valence-corrected chi connectivity index (χ1v) is 8.59. The van der Waals surface area contributed by atoms with E-state index in [-0.39, 0.29) is 18.1 Å². The number of hydrogen-bond donors (Lipinski definition) is 1. The lowest BCUT2D eigenvalue weighted by Crippen LogP contribution is -2.31. The summed E-state index contributed by atoms with van der Waals surface area (Å²) in [6.45, 7) is 0. The summed E-state index contributed by atoms with van der Waals surface area (Å²) in [6, 6.07) is 20.6. The lowest BCUT2D eigenvalue weighted by molar-refractivity contribution is -0.128. The topological polar surface area (TPSA) is 32.3 Å². The van der Waals surface area contributed by atoms with Gasteiger partial charge in [-0.15, -0.1) is 11.3 Å². The highest BCUT2D eigenvalue weighted by molar-refractivity contribution is 7.19. The predicted octanol–water partition coefficient (Wildman–Crippen LogP) is 3.57. The van der Waals surface area contributed by atoms with E-state index in [1.54, 1.807) is 11.3 Å². The summed E-state index contributed by atoms with van der Waals surface area (Å²) < 4.78 is 1.26. The average Bonchev–Trinajstić information content (AvgIpc) is 3.12. The largest absolute Gasteiger partial charge is 0.324 e. The van der Waals surface area contributed by atoms with Crippen LogP contribution >= 0.6 is 11.3 Å². The van der Waals surface area contributed by atoms with Crippen LogP contribution in [0.15, 0.2) is 60.7 Å². The van der Waals surface area contributed by atoms with E-state index in [9.17, 15) is 4.79 Å². The van der Waals surface area contributed by atoms with Crippen molar-refractivity contribution in [2.45, 2.75) is 18.6 Å². The van der Waals surface area contributed by atoms with Crippen LogP contribution in [0.25, 0.3) is 10.1 Å². The molecule has 3 aromatic rings. The highest BCUT2D eigenvalue weighted by Crippen LogP contribution is 2.34. The van der Waals surface area contributed by atoms with Crippen LogP contribution in [-0.2, 0) is 11.2 Å². The third-order valence-electron chi connectivity index (χ3n) is 4.39. The predicted molar refractivity (Wildman–Crippen MR) is 94.4 cm³/mol. The smallest absolute Gasteiger partial charge is 0.241 e. The molecule has 1 aromatic heterocycles. The Bertz CT molecular complexity index is 810. The van der Waals surface area contributed by atoms with Gasteiger partial charge < -0.3 is 4.90 Å². The van der Waals surface area contributed by atoms with Crippen molar-refractivity contribution in [3.05, 3.63) is 71.1 Å². The maximum absolute atomic E-state index is 12.6.